The smallest absolute Gasteiger partial charge is 0.150 e. The lowest BCUT2D eigenvalue weighted by molar-refractivity contribution is 0.401. The first-order chi connectivity index (χ1) is 10.9. The molecule has 3 aromatic heterocycles. The number of nitrogen functional groups attached to an aromatic ring is 1. The molecule has 0 fully saturated rings. The van der Waals surface area contributed by atoms with Gasteiger partial charge < -0.3 is 10.3 Å². The van der Waals surface area contributed by atoms with Crippen molar-refractivity contribution in [3.05, 3.63) is 53.3 Å². The topological polar surface area (TPSA) is 56.7 Å². The summed E-state index contributed by atoms with van der Waals surface area (Å²) in [5.74, 6) is 7.76. The molecule has 3 aromatic rings. The van der Waals surface area contributed by atoms with Crippen molar-refractivity contribution in [2.24, 2.45) is 0 Å². The molecule has 0 saturated carbocycles. The van der Waals surface area contributed by atoms with Crippen LogP contribution < -0.4 is 5.73 Å². The van der Waals surface area contributed by atoms with E-state index in [1.807, 2.05) is 24.5 Å². The average molecular weight is 322 g/mol. The Morgan fingerprint density at radius 2 is 1.91 bits per heavy atom. The molecule has 0 bridgehead atoms. The number of nitrogens with two attached hydrogens (primary N) is 1. The number of thiophene rings is 1. The summed E-state index contributed by atoms with van der Waals surface area (Å²) in [5, 5.41) is 0. The number of aromatic nitrogens is 3. The SMILES string of the molecule is CC(C)(C)n1ccnc1-c1ccc(C#Cc2ccc(N)nc2)s1. The van der Waals surface area contributed by atoms with Gasteiger partial charge in [0.15, 0.2) is 5.82 Å². The third-order valence-electron chi connectivity index (χ3n) is 3.31. The van der Waals surface area contributed by atoms with E-state index in [4.69, 9.17) is 5.73 Å². The number of hydrogen-bond donors (Lipinski definition) is 1. The molecule has 0 aliphatic carbocycles. The third-order valence-corrected chi connectivity index (χ3v) is 4.30. The summed E-state index contributed by atoms with van der Waals surface area (Å²) in [4.78, 5) is 10.7. The Bertz CT molecular complexity index is 870. The molecule has 3 heterocycles. The van der Waals surface area contributed by atoms with Crippen molar-refractivity contribution in [3.8, 4) is 22.5 Å². The lowest BCUT2D eigenvalue weighted by atomic mass is 10.1. The van der Waals surface area contributed by atoms with Gasteiger partial charge in [-0.1, -0.05) is 11.8 Å². The Morgan fingerprint density at radius 1 is 1.09 bits per heavy atom. The van der Waals surface area contributed by atoms with Crippen LogP contribution in [0.4, 0.5) is 5.82 Å². The van der Waals surface area contributed by atoms with Gasteiger partial charge in [-0.25, -0.2) is 9.97 Å². The normalized spacial score (nSPS) is 11.1. The molecule has 0 unspecified atom stereocenters. The molecule has 0 spiro atoms. The summed E-state index contributed by atoms with van der Waals surface area (Å²) >= 11 is 1.64. The molecule has 0 amide bonds. The van der Waals surface area contributed by atoms with Gasteiger partial charge in [0.25, 0.3) is 0 Å². The average Bonchev–Trinajstić information content (AvgIpc) is 3.15. The second-order valence-corrected chi connectivity index (χ2v) is 7.26. The van der Waals surface area contributed by atoms with Gasteiger partial charge in [0.2, 0.25) is 0 Å². The molecule has 2 N–H and O–H groups in total. The van der Waals surface area contributed by atoms with E-state index in [1.165, 1.54) is 0 Å². The van der Waals surface area contributed by atoms with Gasteiger partial charge in [-0.2, -0.15) is 0 Å². The highest BCUT2D eigenvalue weighted by Gasteiger charge is 2.18. The zero-order chi connectivity index (χ0) is 16.4. The Balaban J connectivity index is 1.88. The number of hydrogen-bond acceptors (Lipinski definition) is 4. The van der Waals surface area contributed by atoms with Gasteiger partial charge >= 0.3 is 0 Å². The largest absolute Gasteiger partial charge is 0.384 e. The summed E-state index contributed by atoms with van der Waals surface area (Å²) in [6, 6.07) is 7.72. The number of nitrogens with zero attached hydrogens (tertiary/aromatic N) is 3. The van der Waals surface area contributed by atoms with Crippen molar-refractivity contribution in [1.82, 2.24) is 14.5 Å². The third kappa shape index (κ3) is 3.43. The minimum Gasteiger partial charge on any atom is -0.384 e. The summed E-state index contributed by atoms with van der Waals surface area (Å²) in [7, 11) is 0. The molecule has 0 aliphatic rings. The van der Waals surface area contributed by atoms with Crippen LogP contribution in [-0.2, 0) is 5.54 Å². The van der Waals surface area contributed by atoms with Gasteiger partial charge in [-0.15, -0.1) is 11.3 Å². The van der Waals surface area contributed by atoms with Crippen LogP contribution in [-0.4, -0.2) is 14.5 Å². The molecule has 0 atom stereocenters. The van der Waals surface area contributed by atoms with Gasteiger partial charge in [-0.3, -0.25) is 0 Å². The van der Waals surface area contributed by atoms with E-state index in [0.717, 1.165) is 21.1 Å². The number of anilines is 1. The lowest BCUT2D eigenvalue weighted by Gasteiger charge is -2.22. The highest BCUT2D eigenvalue weighted by Crippen LogP contribution is 2.29. The second kappa shape index (κ2) is 5.90. The molecular formula is C18H18N4S. The predicted molar refractivity (Wildman–Crippen MR) is 95.2 cm³/mol. The van der Waals surface area contributed by atoms with Crippen molar-refractivity contribution in [3.63, 3.8) is 0 Å². The van der Waals surface area contributed by atoms with E-state index in [1.54, 1.807) is 23.6 Å². The zero-order valence-corrected chi connectivity index (χ0v) is 14.2. The molecule has 0 aliphatic heterocycles. The number of pyridine rings is 1. The molecule has 0 aromatic carbocycles. The van der Waals surface area contributed by atoms with E-state index in [2.05, 4.69) is 53.2 Å². The predicted octanol–water partition coefficient (Wildman–Crippen LogP) is 3.74. The van der Waals surface area contributed by atoms with Crippen molar-refractivity contribution in [1.29, 1.82) is 0 Å². The molecular weight excluding hydrogens is 304 g/mol. The maximum absolute atomic E-state index is 5.57. The molecule has 0 radical (unpaired) electrons. The Hall–Kier alpha value is -2.58. The van der Waals surface area contributed by atoms with Gasteiger partial charge in [-0.05, 0) is 45.0 Å². The Kier molecular flexibility index (Phi) is 3.93. The van der Waals surface area contributed by atoms with Gasteiger partial charge in [0.05, 0.1) is 9.75 Å². The maximum atomic E-state index is 5.57. The summed E-state index contributed by atoms with van der Waals surface area (Å²) in [6.07, 6.45) is 5.54. The fourth-order valence-electron chi connectivity index (χ4n) is 2.17. The van der Waals surface area contributed by atoms with E-state index < -0.39 is 0 Å². The fraction of sp³-hybridized carbons (Fsp3) is 0.222. The van der Waals surface area contributed by atoms with Crippen molar-refractivity contribution >= 4 is 17.2 Å². The van der Waals surface area contributed by atoms with Crippen LogP contribution in [0.25, 0.3) is 10.7 Å². The molecule has 23 heavy (non-hydrogen) atoms. The van der Waals surface area contributed by atoms with E-state index in [0.29, 0.717) is 5.82 Å². The Morgan fingerprint density at radius 3 is 2.61 bits per heavy atom. The molecule has 3 rings (SSSR count). The van der Waals surface area contributed by atoms with Crippen LogP contribution in [0, 0.1) is 11.8 Å². The minimum absolute atomic E-state index is 0.00267. The van der Waals surface area contributed by atoms with E-state index >= 15 is 0 Å². The van der Waals surface area contributed by atoms with Crippen LogP contribution in [0.5, 0.6) is 0 Å². The minimum atomic E-state index is -0.00267. The van der Waals surface area contributed by atoms with E-state index in [9.17, 15) is 0 Å². The van der Waals surface area contributed by atoms with Gasteiger partial charge in [0, 0.05) is 29.7 Å². The van der Waals surface area contributed by atoms with Crippen molar-refractivity contribution in [2.45, 2.75) is 26.3 Å². The molecule has 5 heteroatoms. The Labute approximate surface area is 140 Å². The first kappa shape index (κ1) is 15.3. The summed E-state index contributed by atoms with van der Waals surface area (Å²) in [5.41, 5.74) is 6.42. The first-order valence-corrected chi connectivity index (χ1v) is 8.13. The monoisotopic (exact) mass is 322 g/mol. The first-order valence-electron chi connectivity index (χ1n) is 7.31. The molecule has 116 valence electrons. The highest BCUT2D eigenvalue weighted by molar-refractivity contribution is 7.15. The zero-order valence-electron chi connectivity index (χ0n) is 13.4. The summed E-state index contributed by atoms with van der Waals surface area (Å²) < 4.78 is 2.18. The van der Waals surface area contributed by atoms with Crippen LogP contribution in [0.15, 0.2) is 42.9 Å². The van der Waals surface area contributed by atoms with Crippen LogP contribution in [0.2, 0.25) is 0 Å². The van der Waals surface area contributed by atoms with Crippen molar-refractivity contribution in [2.75, 3.05) is 5.73 Å². The molecule has 0 saturated heterocycles. The molecule has 4 nitrogen and oxygen atoms in total. The van der Waals surface area contributed by atoms with E-state index in [-0.39, 0.29) is 5.54 Å². The van der Waals surface area contributed by atoms with Gasteiger partial charge in [0.1, 0.15) is 5.82 Å². The fourth-order valence-corrected chi connectivity index (χ4v) is 3.02. The second-order valence-electron chi connectivity index (χ2n) is 6.18. The van der Waals surface area contributed by atoms with Crippen LogP contribution in [0.3, 0.4) is 0 Å². The summed E-state index contributed by atoms with van der Waals surface area (Å²) in [6.45, 7) is 6.50. The standard InChI is InChI=1S/C18H18N4S/c1-18(2,3)22-11-10-20-17(22)15-8-7-14(23-15)6-4-13-5-9-16(19)21-12-13/h5,7-12H,1-3H3,(H2,19,21). The lowest BCUT2D eigenvalue weighted by Crippen LogP contribution is -2.21. The number of imidazole rings is 1. The van der Waals surface area contributed by atoms with Crippen molar-refractivity contribution < 1.29 is 0 Å². The number of rotatable bonds is 1. The van der Waals surface area contributed by atoms with Crippen LogP contribution in [0.1, 0.15) is 31.2 Å². The quantitative estimate of drug-likeness (QED) is 0.694. The highest BCUT2D eigenvalue weighted by atomic mass is 32.1. The van der Waals surface area contributed by atoms with Crippen LogP contribution >= 0.6 is 11.3 Å². The maximum Gasteiger partial charge on any atom is 0.150 e.